The highest BCUT2D eigenvalue weighted by Crippen LogP contribution is 2.39. The lowest BCUT2D eigenvalue weighted by Crippen LogP contribution is -2.50. The number of amides is 1. The van der Waals surface area contributed by atoms with Crippen LogP contribution in [-0.4, -0.2) is 86.7 Å². The van der Waals surface area contributed by atoms with E-state index in [2.05, 4.69) is 10.6 Å². The summed E-state index contributed by atoms with van der Waals surface area (Å²) < 4.78 is 4.89. The van der Waals surface area contributed by atoms with E-state index in [1.165, 1.54) is 9.91 Å². The fourth-order valence-corrected chi connectivity index (χ4v) is 2.96. The van der Waals surface area contributed by atoms with Crippen molar-refractivity contribution in [3.63, 3.8) is 0 Å². The molecule has 2 rings (SSSR count). The molecule has 0 bridgehead atoms. The van der Waals surface area contributed by atoms with Gasteiger partial charge in [-0.15, -0.1) is 10.0 Å². The Morgan fingerprint density at radius 3 is 1.92 bits per heavy atom. The van der Waals surface area contributed by atoms with Gasteiger partial charge in [-0.1, -0.05) is 0 Å². The summed E-state index contributed by atoms with van der Waals surface area (Å²) in [4.78, 5) is 43.8. The monoisotopic (exact) mass is 515 g/mol. The molecule has 0 aliphatic carbocycles. The lowest BCUT2D eigenvalue weighted by Gasteiger charge is -2.30. The number of benzene rings is 1. The zero-order valence-corrected chi connectivity index (χ0v) is 19.7. The number of hydrogen-bond acceptors (Lipinski definition) is 12. The van der Waals surface area contributed by atoms with Crippen LogP contribution >= 0.6 is 0 Å². The summed E-state index contributed by atoms with van der Waals surface area (Å²) in [7, 11) is 0. The number of hydrogen-bond donors (Lipinski definition) is 0. The van der Waals surface area contributed by atoms with Crippen LogP contribution in [0.15, 0.2) is 22.7 Å². The lowest BCUT2D eigenvalue weighted by molar-refractivity contribution is -0.708. The largest absolute Gasteiger partial charge is 0.569 e. The Bertz CT molecular complexity index is 1020. The van der Waals surface area contributed by atoms with Crippen LogP contribution in [-0.2, 0) is 4.74 Å². The number of nitrogens with zero attached hydrogens (tertiary/aromatic N) is 9. The molecule has 1 heterocycles. The van der Waals surface area contributed by atoms with Crippen molar-refractivity contribution < 1.29 is 39.0 Å². The molecule has 1 aromatic carbocycles. The fraction of sp³-hybridized carbons (Fsp3) is 0.588. The van der Waals surface area contributed by atoms with Gasteiger partial charge in [-0.3, -0.25) is 29.9 Å². The molecule has 1 amide bonds. The molecule has 1 fully saturated rings. The van der Waals surface area contributed by atoms with Crippen molar-refractivity contribution in [1.29, 1.82) is 0 Å². The van der Waals surface area contributed by atoms with E-state index in [1.54, 1.807) is 20.8 Å². The highest BCUT2D eigenvalue weighted by Gasteiger charge is 2.30. The molecule has 0 spiro atoms. The Morgan fingerprint density at radius 1 is 0.917 bits per heavy atom. The maximum atomic E-state index is 12.3. The van der Waals surface area contributed by atoms with E-state index in [-0.39, 0.29) is 55.8 Å². The van der Waals surface area contributed by atoms with E-state index in [4.69, 9.17) is 14.4 Å². The minimum absolute atomic E-state index is 0.0261. The van der Waals surface area contributed by atoms with Crippen molar-refractivity contribution in [3.8, 4) is 11.5 Å². The molecule has 19 heteroatoms. The van der Waals surface area contributed by atoms with Crippen molar-refractivity contribution >= 4 is 17.5 Å². The van der Waals surface area contributed by atoms with Gasteiger partial charge in [0, 0.05) is 19.2 Å². The van der Waals surface area contributed by atoms with Gasteiger partial charge >= 0.3 is 17.5 Å². The number of nitro benzene ring substituents is 2. The molecule has 198 valence electrons. The van der Waals surface area contributed by atoms with Gasteiger partial charge in [0.15, 0.2) is 0 Å². The van der Waals surface area contributed by atoms with Gasteiger partial charge in [0.2, 0.25) is 22.1 Å². The van der Waals surface area contributed by atoms with E-state index in [1.807, 2.05) is 0 Å². The second kappa shape index (κ2) is 12.7. The number of rotatable bonds is 11. The molecule has 1 aliphatic heterocycles. The molecule has 1 aliphatic rings. The fourth-order valence-electron chi connectivity index (χ4n) is 2.96. The highest BCUT2D eigenvalue weighted by atomic mass is 16.7. The third-order valence-corrected chi connectivity index (χ3v) is 4.85. The minimum atomic E-state index is -0.984. The van der Waals surface area contributed by atoms with Crippen molar-refractivity contribution in [2.24, 2.45) is 10.6 Å². The highest BCUT2D eigenvalue weighted by molar-refractivity contribution is 5.67. The predicted molar refractivity (Wildman–Crippen MR) is 116 cm³/mol. The smallest absolute Gasteiger partial charge is 0.409 e. The molecule has 1 saturated heterocycles. The Hall–Kier alpha value is -4.71. The number of carbonyl (C=O) groups excluding carboxylic acids is 1. The van der Waals surface area contributed by atoms with Crippen LogP contribution < -0.4 is 9.68 Å². The van der Waals surface area contributed by atoms with Gasteiger partial charge in [-0.2, -0.15) is 0 Å². The molecule has 0 saturated carbocycles. The summed E-state index contributed by atoms with van der Waals surface area (Å²) >= 11 is 0. The number of hydrazine groups is 2. The topological polar surface area (TPSA) is 218 Å². The van der Waals surface area contributed by atoms with Crippen molar-refractivity contribution in [1.82, 2.24) is 14.9 Å². The van der Waals surface area contributed by atoms with Crippen LogP contribution in [0.1, 0.15) is 20.8 Å². The quantitative estimate of drug-likeness (QED) is 0.179. The summed E-state index contributed by atoms with van der Waals surface area (Å²) in [5.74, 6) is -1.34. The van der Waals surface area contributed by atoms with Crippen molar-refractivity contribution in [2.45, 2.75) is 20.8 Å². The van der Waals surface area contributed by atoms with Crippen LogP contribution in [0.3, 0.4) is 0 Å². The molecule has 19 nitrogen and oxygen atoms in total. The maximum absolute atomic E-state index is 12.3. The average Bonchev–Trinajstić information content (AvgIpc) is 2.86. The Morgan fingerprint density at radius 2 is 1.44 bits per heavy atom. The molecule has 36 heavy (non-hydrogen) atoms. The van der Waals surface area contributed by atoms with E-state index in [9.17, 15) is 35.4 Å². The van der Waals surface area contributed by atoms with E-state index < -0.39 is 38.8 Å². The average molecular weight is 515 g/mol. The number of piperazine rings is 1. The molecule has 0 aromatic heterocycles. The van der Waals surface area contributed by atoms with E-state index in [0.29, 0.717) is 12.1 Å². The SMILES string of the molecule is CCOC(=O)N1CCN([N+]([O-])=NOc2cc(O/N=[N+](\[O-])N(CC)CC)c([N+](=O)[O-])cc2[N+](=O)[O-])CC1. The third kappa shape index (κ3) is 6.90. The van der Waals surface area contributed by atoms with E-state index >= 15 is 0 Å². The number of nitro groups is 2. The molecular formula is C17H25N9O10. The summed E-state index contributed by atoms with van der Waals surface area (Å²) in [5, 5.41) is 55.9. The summed E-state index contributed by atoms with van der Waals surface area (Å²) in [6, 6.07) is 1.24. The molecule has 0 N–H and O–H groups in total. The lowest BCUT2D eigenvalue weighted by atomic mass is 10.2. The van der Waals surface area contributed by atoms with Gasteiger partial charge in [0.05, 0.1) is 52.6 Å². The first kappa shape index (κ1) is 27.5. The standard InChI is InChI=1S/C17H25N9O10/c1-4-21(5-2)25(32)18-35-15-12-16(14(24(30)31)11-13(15)23(28)29)36-19-26(33)22-9-7-20(8-10-22)17(27)34-6-3/h11-12H,4-10H2,1-3H3/b25-18-,26-19?. The summed E-state index contributed by atoms with van der Waals surface area (Å²) in [5.41, 5.74) is -1.76. The minimum Gasteiger partial charge on any atom is -0.569 e. The second-order valence-corrected chi connectivity index (χ2v) is 6.93. The molecule has 1 aromatic rings. The van der Waals surface area contributed by atoms with Gasteiger partial charge in [-0.25, -0.2) is 4.79 Å². The number of carbonyl (C=O) groups is 1. The zero-order valence-electron chi connectivity index (χ0n) is 19.7. The Labute approximate surface area is 203 Å². The van der Waals surface area contributed by atoms with Crippen LogP contribution in [0.25, 0.3) is 0 Å². The first-order chi connectivity index (χ1) is 17.1. The predicted octanol–water partition coefficient (Wildman–Crippen LogP) is 1.96. The van der Waals surface area contributed by atoms with Gasteiger partial charge in [-0.05, 0) is 20.8 Å². The molecular weight excluding hydrogens is 490 g/mol. The summed E-state index contributed by atoms with van der Waals surface area (Å²) in [6.07, 6.45) is -0.528. The Balaban J connectivity index is 2.26. The molecule has 0 radical (unpaired) electrons. The van der Waals surface area contributed by atoms with Gasteiger partial charge in [0.25, 0.3) is 0 Å². The van der Waals surface area contributed by atoms with Crippen molar-refractivity contribution in [3.05, 3.63) is 42.8 Å². The zero-order chi connectivity index (χ0) is 26.8. The van der Waals surface area contributed by atoms with Crippen molar-refractivity contribution in [2.75, 3.05) is 45.9 Å². The van der Waals surface area contributed by atoms with E-state index in [0.717, 1.165) is 5.01 Å². The number of ether oxygens (including phenoxy) is 1. The third-order valence-electron chi connectivity index (χ3n) is 4.85. The first-order valence-corrected chi connectivity index (χ1v) is 10.7. The van der Waals surface area contributed by atoms with Crippen LogP contribution in [0, 0.1) is 30.6 Å². The normalized spacial score (nSPS) is 14.3. The maximum Gasteiger partial charge on any atom is 0.409 e. The van der Waals surface area contributed by atoms with Crippen LogP contribution in [0.4, 0.5) is 16.2 Å². The van der Waals surface area contributed by atoms with Crippen LogP contribution in [0.2, 0.25) is 0 Å². The molecule has 0 atom stereocenters. The Kier molecular flexibility index (Phi) is 9.69. The van der Waals surface area contributed by atoms with Gasteiger partial charge < -0.3 is 20.1 Å². The first-order valence-electron chi connectivity index (χ1n) is 10.7. The second-order valence-electron chi connectivity index (χ2n) is 6.93. The summed E-state index contributed by atoms with van der Waals surface area (Å²) in [6.45, 7) is 6.15. The van der Waals surface area contributed by atoms with Gasteiger partial charge in [0.1, 0.15) is 6.07 Å². The van der Waals surface area contributed by atoms with Crippen LogP contribution in [0.5, 0.6) is 11.5 Å². The molecule has 0 unspecified atom stereocenters.